The van der Waals surface area contributed by atoms with E-state index in [1.807, 2.05) is 0 Å². The van der Waals surface area contributed by atoms with Gasteiger partial charge in [-0.15, -0.1) is 0 Å². The fourth-order valence-electron chi connectivity index (χ4n) is 0.844. The summed E-state index contributed by atoms with van der Waals surface area (Å²) < 4.78 is 0. The van der Waals surface area contributed by atoms with Gasteiger partial charge in [0, 0.05) is 6.54 Å². The summed E-state index contributed by atoms with van der Waals surface area (Å²) in [6, 6.07) is 0. The molecule has 0 fully saturated rings. The Morgan fingerprint density at radius 1 is 1.67 bits per heavy atom. The van der Waals surface area contributed by atoms with Crippen molar-refractivity contribution in [3.63, 3.8) is 0 Å². The summed E-state index contributed by atoms with van der Waals surface area (Å²) >= 11 is 4.62. The van der Waals surface area contributed by atoms with Crippen molar-refractivity contribution >= 4 is 17.7 Å². The lowest BCUT2D eigenvalue weighted by Crippen LogP contribution is -2.18. The van der Waals surface area contributed by atoms with Crippen molar-refractivity contribution in [3.8, 4) is 0 Å². The standard InChI is InChI=1S/C7H15NS/c1-3-4-7(2)5-8-6-9/h6-7H,3-5H2,1-2H3,(H,8,9). The van der Waals surface area contributed by atoms with Gasteiger partial charge in [-0.1, -0.05) is 32.5 Å². The van der Waals surface area contributed by atoms with Crippen LogP contribution in [0.4, 0.5) is 0 Å². The zero-order valence-corrected chi connectivity index (χ0v) is 7.00. The molecule has 0 radical (unpaired) electrons. The summed E-state index contributed by atoms with van der Waals surface area (Å²) in [6.07, 6.45) is 2.55. The summed E-state index contributed by atoms with van der Waals surface area (Å²) in [5, 5.41) is 3.02. The number of hydrogen-bond donors (Lipinski definition) is 1. The first-order valence-electron chi connectivity index (χ1n) is 3.48. The van der Waals surface area contributed by atoms with E-state index < -0.39 is 0 Å². The molecule has 0 rings (SSSR count). The minimum Gasteiger partial charge on any atom is -0.382 e. The molecule has 1 N–H and O–H groups in total. The van der Waals surface area contributed by atoms with Crippen LogP contribution in [0.3, 0.4) is 0 Å². The molecular formula is C7H15NS. The summed E-state index contributed by atoms with van der Waals surface area (Å²) in [4.78, 5) is 0. The third kappa shape index (κ3) is 5.77. The van der Waals surface area contributed by atoms with Crippen molar-refractivity contribution < 1.29 is 0 Å². The summed E-state index contributed by atoms with van der Waals surface area (Å²) in [5.74, 6) is 0.759. The zero-order chi connectivity index (χ0) is 7.11. The molecule has 1 atom stereocenters. The summed E-state index contributed by atoms with van der Waals surface area (Å²) in [6.45, 7) is 5.46. The average Bonchev–Trinajstić information content (AvgIpc) is 1.85. The molecule has 0 bridgehead atoms. The zero-order valence-electron chi connectivity index (χ0n) is 6.18. The second-order valence-corrected chi connectivity index (χ2v) is 2.66. The van der Waals surface area contributed by atoms with E-state index in [4.69, 9.17) is 0 Å². The van der Waals surface area contributed by atoms with Crippen LogP contribution < -0.4 is 5.32 Å². The van der Waals surface area contributed by atoms with Crippen LogP contribution in [0.2, 0.25) is 0 Å². The van der Waals surface area contributed by atoms with E-state index in [0.29, 0.717) is 0 Å². The van der Waals surface area contributed by atoms with Gasteiger partial charge in [-0.25, -0.2) is 0 Å². The minimum absolute atomic E-state index is 0.759. The quantitative estimate of drug-likeness (QED) is 0.594. The molecule has 2 heteroatoms. The first-order valence-corrected chi connectivity index (χ1v) is 3.95. The van der Waals surface area contributed by atoms with Gasteiger partial charge in [0.2, 0.25) is 0 Å². The molecule has 1 unspecified atom stereocenters. The van der Waals surface area contributed by atoms with Gasteiger partial charge in [0.25, 0.3) is 0 Å². The Labute approximate surface area is 62.8 Å². The minimum atomic E-state index is 0.759. The van der Waals surface area contributed by atoms with Crippen LogP contribution in [-0.2, 0) is 0 Å². The van der Waals surface area contributed by atoms with Crippen LogP contribution in [-0.4, -0.2) is 12.0 Å². The lowest BCUT2D eigenvalue weighted by molar-refractivity contribution is 0.518. The van der Waals surface area contributed by atoms with Crippen molar-refractivity contribution in [1.29, 1.82) is 0 Å². The van der Waals surface area contributed by atoms with Gasteiger partial charge in [0.1, 0.15) is 0 Å². The highest BCUT2D eigenvalue weighted by atomic mass is 32.1. The van der Waals surface area contributed by atoms with Crippen LogP contribution in [0, 0.1) is 5.92 Å². The second kappa shape index (κ2) is 6.02. The summed E-state index contributed by atoms with van der Waals surface area (Å²) in [7, 11) is 0. The van der Waals surface area contributed by atoms with E-state index in [-0.39, 0.29) is 0 Å². The Morgan fingerprint density at radius 3 is 2.78 bits per heavy atom. The number of nitrogens with one attached hydrogen (secondary N) is 1. The molecule has 0 aromatic rings. The van der Waals surface area contributed by atoms with Crippen LogP contribution in [0.25, 0.3) is 0 Å². The predicted octanol–water partition coefficient (Wildman–Crippen LogP) is 1.97. The van der Waals surface area contributed by atoms with E-state index >= 15 is 0 Å². The van der Waals surface area contributed by atoms with Gasteiger partial charge >= 0.3 is 0 Å². The van der Waals surface area contributed by atoms with Crippen LogP contribution >= 0.6 is 12.2 Å². The van der Waals surface area contributed by atoms with Gasteiger partial charge < -0.3 is 5.32 Å². The number of thiocarbonyl (C=S) groups is 1. The molecular weight excluding hydrogens is 130 g/mol. The maximum absolute atomic E-state index is 4.62. The van der Waals surface area contributed by atoms with Crippen LogP contribution in [0.15, 0.2) is 0 Å². The van der Waals surface area contributed by atoms with E-state index in [1.165, 1.54) is 12.8 Å². The fraction of sp³-hybridized carbons (Fsp3) is 0.857. The lowest BCUT2D eigenvalue weighted by Gasteiger charge is -2.07. The van der Waals surface area contributed by atoms with Gasteiger partial charge in [-0.05, 0) is 12.3 Å². The molecule has 0 spiro atoms. The molecule has 0 aromatic heterocycles. The SMILES string of the molecule is CCCC(C)CNC=S. The molecule has 0 aliphatic heterocycles. The van der Waals surface area contributed by atoms with Gasteiger partial charge in [0.05, 0.1) is 5.49 Å². The molecule has 54 valence electrons. The molecule has 0 amide bonds. The van der Waals surface area contributed by atoms with E-state index in [2.05, 4.69) is 31.4 Å². The second-order valence-electron chi connectivity index (χ2n) is 2.42. The Kier molecular flexibility index (Phi) is 5.94. The molecule has 9 heavy (non-hydrogen) atoms. The van der Waals surface area contributed by atoms with E-state index in [9.17, 15) is 0 Å². The number of rotatable bonds is 5. The molecule has 0 aromatic carbocycles. The van der Waals surface area contributed by atoms with Crippen molar-refractivity contribution in [1.82, 2.24) is 5.32 Å². The third-order valence-electron chi connectivity index (χ3n) is 1.33. The van der Waals surface area contributed by atoms with Gasteiger partial charge in [-0.3, -0.25) is 0 Å². The monoisotopic (exact) mass is 145 g/mol. The Bertz CT molecular complexity index is 73.3. The molecule has 0 heterocycles. The van der Waals surface area contributed by atoms with Crippen LogP contribution in [0.1, 0.15) is 26.7 Å². The first-order chi connectivity index (χ1) is 4.31. The highest BCUT2D eigenvalue weighted by molar-refractivity contribution is 7.78. The summed E-state index contributed by atoms with van der Waals surface area (Å²) in [5.41, 5.74) is 1.59. The number of hydrogen-bond acceptors (Lipinski definition) is 1. The topological polar surface area (TPSA) is 12.0 Å². The predicted molar refractivity (Wildman–Crippen MR) is 45.7 cm³/mol. The molecule has 0 aliphatic carbocycles. The smallest absolute Gasteiger partial charge is 0.0614 e. The van der Waals surface area contributed by atoms with Crippen molar-refractivity contribution in [2.45, 2.75) is 26.7 Å². The third-order valence-corrected chi connectivity index (χ3v) is 1.50. The highest BCUT2D eigenvalue weighted by Gasteiger charge is 1.96. The molecule has 1 nitrogen and oxygen atoms in total. The van der Waals surface area contributed by atoms with Gasteiger partial charge in [-0.2, -0.15) is 0 Å². The van der Waals surface area contributed by atoms with Crippen LogP contribution in [0.5, 0.6) is 0 Å². The average molecular weight is 145 g/mol. The largest absolute Gasteiger partial charge is 0.382 e. The molecule has 0 aliphatic rings. The Morgan fingerprint density at radius 2 is 2.33 bits per heavy atom. The maximum atomic E-state index is 4.62. The highest BCUT2D eigenvalue weighted by Crippen LogP contribution is 2.01. The normalized spacial score (nSPS) is 12.7. The fourth-order valence-corrected chi connectivity index (χ4v) is 0.940. The van der Waals surface area contributed by atoms with Crippen molar-refractivity contribution in [2.75, 3.05) is 6.54 Å². The van der Waals surface area contributed by atoms with Crippen molar-refractivity contribution in [3.05, 3.63) is 0 Å². The van der Waals surface area contributed by atoms with Gasteiger partial charge in [0.15, 0.2) is 0 Å². The lowest BCUT2D eigenvalue weighted by atomic mass is 10.1. The van der Waals surface area contributed by atoms with E-state index in [0.717, 1.165) is 12.5 Å². The van der Waals surface area contributed by atoms with E-state index in [1.54, 1.807) is 5.49 Å². The molecule has 0 saturated carbocycles. The Balaban J connectivity index is 3.04. The van der Waals surface area contributed by atoms with Crippen molar-refractivity contribution in [2.24, 2.45) is 5.92 Å². The Hall–Kier alpha value is -0.110. The molecule has 0 saturated heterocycles. The maximum Gasteiger partial charge on any atom is 0.0614 e. The first kappa shape index (κ1) is 8.89.